The fraction of sp³-hybridized carbons (Fsp3) is 0.449. The Morgan fingerprint density at radius 2 is 1.48 bits per heavy atom. The van der Waals surface area contributed by atoms with E-state index in [0.717, 1.165) is 57.1 Å². The van der Waals surface area contributed by atoms with Crippen LogP contribution in [0.3, 0.4) is 0 Å². The number of carbonyl (C=O) groups excluding carboxylic acids is 11. The molecule has 0 unspecified atom stereocenters. The van der Waals surface area contributed by atoms with E-state index in [4.69, 9.17) is 25.4 Å². The second kappa shape index (κ2) is 33.6. The molecule has 17 N–H and O–H groups in total. The monoisotopic (exact) mass is 1590 g/mol. The second-order valence-corrected chi connectivity index (χ2v) is 31.4. The molecule has 1 aliphatic carbocycles. The number of cyclic esters (lactones) is 1. The number of esters is 1. The molecular weight excluding hydrogens is 1510 g/mol. The molecule has 0 aromatic carbocycles. The van der Waals surface area contributed by atoms with Crippen LogP contribution in [0, 0.1) is 5.92 Å². The molecule has 4 aliphatic heterocycles. The molecule has 0 saturated carbocycles. The Morgan fingerprint density at radius 1 is 0.789 bits per heavy atom. The molecule has 9 heterocycles. The quantitative estimate of drug-likeness (QED) is 0.0688. The van der Waals surface area contributed by atoms with Crippen LogP contribution < -0.4 is 58.9 Å². The van der Waals surface area contributed by atoms with E-state index < -0.39 is 184 Å². The first-order chi connectivity index (χ1) is 51.4. The number of hydrogen-bond donors (Lipinski definition) is 16. The fourth-order valence-corrected chi connectivity index (χ4v) is 16.9. The molecular formula is C69H82N18O17S5. The van der Waals surface area contributed by atoms with E-state index in [1.165, 1.54) is 82.1 Å². The van der Waals surface area contributed by atoms with Gasteiger partial charge in [-0.1, -0.05) is 51.7 Å². The number of aliphatic hydroxyl groups is 5. The molecule has 10 amide bonds. The summed E-state index contributed by atoms with van der Waals surface area (Å²) in [6.07, 6.45) is -2.98. The predicted molar refractivity (Wildman–Crippen MR) is 401 cm³/mol. The number of hydrogen-bond acceptors (Lipinski definition) is 30. The number of pyridine rings is 1. The van der Waals surface area contributed by atoms with Gasteiger partial charge in [-0.3, -0.25) is 63.2 Å². The SMILES string of the molecule is C=C(NC(=O)c1csc(C2=N[C@@H]3c4csc(n4)[C@H]4NC(=O)c5csc(n5)[C@H]([C@](C)(O)[C@@H](C)O)NC(=O)[C@H]5CSC(=N5)/C(=C/C)NC(=O)[C@H]([C@@H](C)O)NC(=O)c5csc(n5)[C@]3(CC2)NC(=O)[C@H](C)NC(=O)C(=C)NC(=O)[C@H](C)NC(=O)[C@H]([C@@H](C)CC)N[C@@H]2C=Cc3c([C@H](C)O)cc(nc3[C@H]2O)C(=O)O[C@@H]4C)n1)C(N)=O. The van der Waals surface area contributed by atoms with Crippen molar-refractivity contribution < 1.29 is 83.0 Å². The van der Waals surface area contributed by atoms with E-state index in [9.17, 15) is 63.9 Å². The van der Waals surface area contributed by atoms with Crippen LogP contribution in [0.1, 0.15) is 203 Å². The van der Waals surface area contributed by atoms with Gasteiger partial charge in [0.25, 0.3) is 29.5 Å². The molecule has 0 saturated heterocycles. The van der Waals surface area contributed by atoms with Crippen LogP contribution in [-0.4, -0.2) is 192 Å². The van der Waals surface area contributed by atoms with Crippen LogP contribution in [0.25, 0.3) is 6.08 Å². The highest BCUT2D eigenvalue weighted by molar-refractivity contribution is 8.14. The predicted octanol–water partition coefficient (Wildman–Crippen LogP) is 1.14. The summed E-state index contributed by atoms with van der Waals surface area (Å²) >= 11 is 4.53. The summed E-state index contributed by atoms with van der Waals surface area (Å²) in [7, 11) is 0. The minimum absolute atomic E-state index is 0.00469. The van der Waals surface area contributed by atoms with Crippen LogP contribution in [0.2, 0.25) is 0 Å². The Morgan fingerprint density at radius 3 is 2.16 bits per heavy atom. The van der Waals surface area contributed by atoms with Gasteiger partial charge in [0.1, 0.15) is 113 Å². The summed E-state index contributed by atoms with van der Waals surface area (Å²) in [4.78, 5) is 190. The molecule has 109 heavy (non-hydrogen) atoms. The lowest BCUT2D eigenvalue weighted by molar-refractivity contribution is -0.131. The minimum atomic E-state index is -2.19. The van der Waals surface area contributed by atoms with Crippen molar-refractivity contribution in [3.63, 3.8) is 0 Å². The van der Waals surface area contributed by atoms with E-state index in [2.05, 4.69) is 86.3 Å². The number of fused-ring (bicyclic) bond motifs is 7. The van der Waals surface area contributed by atoms with Crippen LogP contribution >= 0.6 is 57.1 Å². The van der Waals surface area contributed by atoms with Gasteiger partial charge in [-0.15, -0.1) is 57.1 Å². The lowest BCUT2D eigenvalue weighted by atomic mass is 9.80. The van der Waals surface area contributed by atoms with E-state index in [-0.39, 0.29) is 94.7 Å². The highest BCUT2D eigenvalue weighted by Crippen LogP contribution is 2.48. The second-order valence-electron chi connectivity index (χ2n) is 26.9. The van der Waals surface area contributed by atoms with Crippen molar-refractivity contribution in [2.24, 2.45) is 21.6 Å². The number of aliphatic hydroxyl groups excluding tert-OH is 4. The number of nitrogens with two attached hydrogens (primary N) is 1. The van der Waals surface area contributed by atoms with Crippen LogP contribution in [0.5, 0.6) is 0 Å². The molecule has 5 aliphatic rings. The van der Waals surface area contributed by atoms with Crippen LogP contribution in [0.4, 0.5) is 0 Å². The third-order valence-electron chi connectivity index (χ3n) is 18.9. The number of nitrogens with zero attached hydrogens (tertiary/aromatic N) is 7. The van der Waals surface area contributed by atoms with Gasteiger partial charge in [-0.2, -0.15) is 0 Å². The van der Waals surface area contributed by atoms with Gasteiger partial charge in [-0.05, 0) is 85.8 Å². The number of amides is 10. The summed E-state index contributed by atoms with van der Waals surface area (Å²) < 4.78 is 6.26. The van der Waals surface area contributed by atoms with Gasteiger partial charge in [0, 0.05) is 32.8 Å². The molecule has 0 fully saturated rings. The summed E-state index contributed by atoms with van der Waals surface area (Å²) in [5, 5.41) is 90.3. The Hall–Kier alpha value is -9.75. The number of rotatable bonds is 10. The number of thiazole rings is 4. The molecule has 40 heteroatoms. The van der Waals surface area contributed by atoms with E-state index in [1.54, 1.807) is 26.0 Å². The Balaban J connectivity index is 1.18. The third kappa shape index (κ3) is 17.6. The summed E-state index contributed by atoms with van der Waals surface area (Å²) in [6, 6.07) is -11.4. The minimum Gasteiger partial charge on any atom is -0.455 e. The molecule has 10 rings (SSSR count). The lowest BCUT2D eigenvalue weighted by Gasteiger charge is -2.41. The number of nitrogens with one attached hydrogen (secondary N) is 10. The van der Waals surface area contributed by atoms with Crippen molar-refractivity contribution in [3.05, 3.63) is 135 Å². The molecule has 17 atom stereocenters. The maximum Gasteiger partial charge on any atom is 0.357 e. The van der Waals surface area contributed by atoms with E-state index in [0.29, 0.717) is 6.42 Å². The number of thioether (sulfide) groups is 1. The van der Waals surface area contributed by atoms with Crippen molar-refractivity contribution in [1.29, 1.82) is 0 Å². The summed E-state index contributed by atoms with van der Waals surface area (Å²) in [6.45, 7) is 21.6. The van der Waals surface area contributed by atoms with Gasteiger partial charge in [0.2, 0.25) is 29.5 Å². The normalized spacial score (nSPS) is 27.7. The average molecular weight is 1600 g/mol. The fourth-order valence-electron chi connectivity index (χ4n) is 12.1. The third-order valence-corrected chi connectivity index (χ3v) is 23.8. The van der Waals surface area contributed by atoms with Crippen molar-refractivity contribution >= 4 is 139 Å². The number of ether oxygens (including phenoxy) is 1. The first kappa shape index (κ1) is 81.8. The smallest absolute Gasteiger partial charge is 0.357 e. The number of primary amides is 1. The van der Waals surface area contributed by atoms with Gasteiger partial charge < -0.3 is 83.9 Å². The van der Waals surface area contributed by atoms with E-state index >= 15 is 14.4 Å². The molecule has 5 aromatic heterocycles. The Bertz CT molecular complexity index is 4630. The zero-order valence-electron chi connectivity index (χ0n) is 60.4. The highest BCUT2D eigenvalue weighted by Gasteiger charge is 2.51. The maximum atomic E-state index is 15.3. The number of aliphatic imine (C=N–C) groups is 2. The topological polar surface area (TPSA) is 534 Å². The largest absolute Gasteiger partial charge is 0.455 e. The van der Waals surface area contributed by atoms with Crippen LogP contribution in [-0.2, 0) is 43.8 Å². The first-order valence-corrected chi connectivity index (χ1v) is 38.8. The van der Waals surface area contributed by atoms with Crippen molar-refractivity contribution in [1.82, 2.24) is 78.1 Å². The molecule has 0 spiro atoms. The highest BCUT2D eigenvalue weighted by atomic mass is 32.2. The molecule has 580 valence electrons. The number of allylic oxidation sites excluding steroid dienone is 1. The number of carbonyl (C=O) groups is 11. The summed E-state index contributed by atoms with van der Waals surface area (Å²) in [5.41, 5.74) is -0.726. The Labute approximate surface area is 643 Å². The van der Waals surface area contributed by atoms with Crippen molar-refractivity contribution in [2.45, 2.75) is 185 Å². The zero-order valence-corrected chi connectivity index (χ0v) is 64.5. The number of aromatic nitrogens is 5. The van der Waals surface area contributed by atoms with Gasteiger partial charge >= 0.3 is 5.97 Å². The van der Waals surface area contributed by atoms with Crippen LogP contribution in [0.15, 0.2) is 80.0 Å². The first-order valence-electron chi connectivity index (χ1n) is 34.3. The molecule has 35 nitrogen and oxygen atoms in total. The van der Waals surface area contributed by atoms with Crippen molar-refractivity contribution in [3.8, 4) is 0 Å². The summed E-state index contributed by atoms with van der Waals surface area (Å²) in [5.74, 6) is -10.8. The van der Waals surface area contributed by atoms with Gasteiger partial charge in [0.15, 0.2) is 0 Å². The Kier molecular flexibility index (Phi) is 25.2. The lowest BCUT2D eigenvalue weighted by Crippen LogP contribution is -2.57. The molecule has 0 radical (unpaired) electrons. The zero-order chi connectivity index (χ0) is 79.6. The van der Waals surface area contributed by atoms with Gasteiger partial charge in [0.05, 0.1) is 64.6 Å². The molecule has 5 aromatic rings. The van der Waals surface area contributed by atoms with Crippen molar-refractivity contribution in [2.75, 3.05) is 5.75 Å². The standard InChI is InChI=1S/C69H82N18O17S5/c1-13-25(3)45-60(100)74-28(6)54(94)72-27(5)53(93)73-29(7)55(95)87-69-18-17-38(63-81-41(21-106-63)56(96)71-26(4)52(70)92)77-50(69)40-20-107-64(79-40)47(32(10)104-66(102)39-19-35(30(8)88)34-15-16-37(75-45)49(91)48(34)76-39)85-57(97)42-23-108-65(82-42)51(68(12,103)33(11)90)86-59(99)43-22-105-62(80-43)36(14-2)78-61(101)46(31(9)89)84-58(98)44-24-109-67(69)83-44/h14-16,19-21,23-25,28-33,37,43,45-47,49-51,75,88-91,103H,4-5,13,17-18,22H2,1-3,6-12H3,(H2,70,92)(H,71,96)(H,72,94)(H,73,93)(H,74,100)(H,78,101)(H,84,98)(H,85,97)(H,86,99)(H,87,95)/b36-14-/t25-,28-,29-,30-,31+,32+,33+,37+,43+,45-,46-,47-,49-,50+,51+,68+,69+/m0/s1. The maximum absolute atomic E-state index is 15.3. The van der Waals surface area contributed by atoms with Gasteiger partial charge in [-0.25, -0.2) is 29.7 Å². The molecule has 13 bridgehead atoms. The average Bonchev–Trinajstić information content (AvgIpc) is 1.66. The van der Waals surface area contributed by atoms with E-state index in [1.807, 2.05) is 6.92 Å².